The second kappa shape index (κ2) is 4.56. The summed E-state index contributed by atoms with van der Waals surface area (Å²) in [6, 6.07) is 11.3. The van der Waals surface area contributed by atoms with Crippen LogP contribution in [0.15, 0.2) is 41.2 Å². The van der Waals surface area contributed by atoms with Crippen molar-refractivity contribution in [1.29, 1.82) is 0 Å². The highest BCUT2D eigenvalue weighted by Gasteiger charge is 2.10. The van der Waals surface area contributed by atoms with Crippen LogP contribution in [0.25, 0.3) is 17.0 Å². The van der Waals surface area contributed by atoms with E-state index in [2.05, 4.69) is 15.1 Å². The highest BCUT2D eigenvalue weighted by atomic mass is 16.5. The van der Waals surface area contributed by atoms with Crippen LogP contribution in [-0.4, -0.2) is 26.2 Å². The number of nitrogens with zero attached hydrogens (tertiary/aromatic N) is 3. The Bertz CT molecular complexity index is 761. The van der Waals surface area contributed by atoms with Gasteiger partial charge in [0.2, 0.25) is 5.78 Å². The van der Waals surface area contributed by atoms with E-state index in [-0.39, 0.29) is 11.6 Å². The second-order valence-electron chi connectivity index (χ2n) is 3.95. The van der Waals surface area contributed by atoms with Gasteiger partial charge in [0, 0.05) is 11.6 Å². The molecule has 2 heterocycles. The molecule has 6 heteroatoms. The zero-order valence-electron chi connectivity index (χ0n) is 10.3. The second-order valence-corrected chi connectivity index (χ2v) is 3.95. The van der Waals surface area contributed by atoms with Crippen molar-refractivity contribution in [3.05, 3.63) is 46.8 Å². The lowest BCUT2D eigenvalue weighted by Crippen LogP contribution is -2.09. The Labute approximate surface area is 108 Å². The Hall–Kier alpha value is -2.63. The van der Waals surface area contributed by atoms with Gasteiger partial charge in [-0.1, -0.05) is 30.3 Å². The highest BCUT2D eigenvalue weighted by molar-refractivity contribution is 5.61. The minimum absolute atomic E-state index is 0.221. The van der Waals surface area contributed by atoms with E-state index in [0.717, 1.165) is 5.56 Å². The summed E-state index contributed by atoms with van der Waals surface area (Å²) in [5.41, 5.74) is 1.35. The zero-order chi connectivity index (χ0) is 13.2. The first-order chi connectivity index (χ1) is 9.28. The van der Waals surface area contributed by atoms with Crippen molar-refractivity contribution in [1.82, 2.24) is 19.6 Å². The maximum atomic E-state index is 11.7. The summed E-state index contributed by atoms with van der Waals surface area (Å²) in [6.07, 6.45) is 0. The number of rotatable bonds is 3. The highest BCUT2D eigenvalue weighted by Crippen LogP contribution is 2.18. The van der Waals surface area contributed by atoms with Crippen molar-refractivity contribution in [3.63, 3.8) is 0 Å². The number of ether oxygens (including phenoxy) is 1. The molecule has 2 aromatic heterocycles. The van der Waals surface area contributed by atoms with E-state index in [4.69, 9.17) is 4.74 Å². The molecule has 0 spiro atoms. The van der Waals surface area contributed by atoms with E-state index in [1.807, 2.05) is 37.3 Å². The van der Waals surface area contributed by atoms with Crippen molar-refractivity contribution in [2.24, 2.45) is 0 Å². The Kier molecular flexibility index (Phi) is 2.75. The van der Waals surface area contributed by atoms with Crippen LogP contribution in [-0.2, 0) is 0 Å². The third-order valence-corrected chi connectivity index (χ3v) is 2.66. The third kappa shape index (κ3) is 2.08. The molecule has 0 bridgehead atoms. The summed E-state index contributed by atoms with van der Waals surface area (Å²) < 4.78 is 6.83. The minimum atomic E-state index is -0.221. The Morgan fingerprint density at radius 2 is 2.11 bits per heavy atom. The molecule has 3 aromatic rings. The van der Waals surface area contributed by atoms with Crippen LogP contribution < -0.4 is 10.3 Å². The summed E-state index contributed by atoms with van der Waals surface area (Å²) in [4.78, 5) is 18.4. The van der Waals surface area contributed by atoms with Crippen LogP contribution in [0.5, 0.6) is 6.01 Å². The lowest BCUT2D eigenvalue weighted by atomic mass is 10.1. The molecule has 0 atom stereocenters. The molecular weight excluding hydrogens is 244 g/mol. The first kappa shape index (κ1) is 11.5. The number of aromatic amines is 1. The summed E-state index contributed by atoms with van der Waals surface area (Å²) in [5, 5.41) is 4.23. The van der Waals surface area contributed by atoms with Crippen molar-refractivity contribution < 1.29 is 4.74 Å². The number of nitrogens with one attached hydrogen (secondary N) is 1. The van der Waals surface area contributed by atoms with E-state index in [1.165, 1.54) is 6.07 Å². The molecule has 96 valence electrons. The van der Waals surface area contributed by atoms with Gasteiger partial charge in [0.15, 0.2) is 0 Å². The van der Waals surface area contributed by atoms with Crippen molar-refractivity contribution >= 4 is 5.78 Å². The van der Waals surface area contributed by atoms with Crippen LogP contribution in [0, 0.1) is 0 Å². The van der Waals surface area contributed by atoms with Gasteiger partial charge < -0.3 is 4.74 Å². The average Bonchev–Trinajstić information content (AvgIpc) is 2.81. The molecule has 0 aliphatic carbocycles. The molecule has 0 radical (unpaired) electrons. The van der Waals surface area contributed by atoms with Gasteiger partial charge in [0.1, 0.15) is 0 Å². The van der Waals surface area contributed by atoms with Gasteiger partial charge >= 0.3 is 6.01 Å². The normalized spacial score (nSPS) is 10.8. The van der Waals surface area contributed by atoms with E-state index < -0.39 is 0 Å². The van der Waals surface area contributed by atoms with Crippen LogP contribution >= 0.6 is 0 Å². The van der Waals surface area contributed by atoms with Gasteiger partial charge in [-0.15, -0.1) is 5.10 Å². The predicted octanol–water partition coefficient (Wildman–Crippen LogP) is 1.48. The SMILES string of the molecule is CCOc1nc2[nH]c(=O)cc(-c3ccccc3)n2n1. The summed E-state index contributed by atoms with van der Waals surface area (Å²) in [6.45, 7) is 2.33. The first-order valence-electron chi connectivity index (χ1n) is 5.96. The predicted molar refractivity (Wildman–Crippen MR) is 70.2 cm³/mol. The van der Waals surface area contributed by atoms with Crippen LogP contribution in [0.1, 0.15) is 6.92 Å². The fourth-order valence-corrected chi connectivity index (χ4v) is 1.88. The number of hydrogen-bond acceptors (Lipinski definition) is 4. The van der Waals surface area contributed by atoms with Gasteiger partial charge in [-0.2, -0.15) is 9.50 Å². The average molecular weight is 256 g/mol. The number of benzene rings is 1. The maximum absolute atomic E-state index is 11.7. The van der Waals surface area contributed by atoms with Gasteiger partial charge in [0.25, 0.3) is 5.56 Å². The zero-order valence-corrected chi connectivity index (χ0v) is 10.3. The number of H-pyrrole nitrogens is 1. The van der Waals surface area contributed by atoms with Crippen LogP contribution in [0.2, 0.25) is 0 Å². The molecule has 0 aliphatic heterocycles. The fraction of sp³-hybridized carbons (Fsp3) is 0.154. The summed E-state index contributed by atoms with van der Waals surface area (Å²) in [7, 11) is 0. The van der Waals surface area contributed by atoms with Crippen molar-refractivity contribution in [2.45, 2.75) is 6.92 Å². The quantitative estimate of drug-likeness (QED) is 0.770. The number of fused-ring (bicyclic) bond motifs is 1. The van der Waals surface area contributed by atoms with E-state index in [0.29, 0.717) is 18.1 Å². The fourth-order valence-electron chi connectivity index (χ4n) is 1.88. The van der Waals surface area contributed by atoms with Crippen molar-refractivity contribution in [3.8, 4) is 17.3 Å². The minimum Gasteiger partial charge on any atom is -0.463 e. The molecule has 0 amide bonds. The van der Waals surface area contributed by atoms with E-state index in [9.17, 15) is 4.79 Å². The van der Waals surface area contributed by atoms with E-state index >= 15 is 0 Å². The van der Waals surface area contributed by atoms with Gasteiger partial charge in [0.05, 0.1) is 12.3 Å². The molecule has 0 unspecified atom stereocenters. The molecule has 0 aliphatic rings. The smallest absolute Gasteiger partial charge is 0.337 e. The summed E-state index contributed by atoms with van der Waals surface area (Å²) in [5.74, 6) is 0.370. The van der Waals surface area contributed by atoms with Crippen LogP contribution in [0.4, 0.5) is 0 Å². The van der Waals surface area contributed by atoms with E-state index in [1.54, 1.807) is 4.52 Å². The molecule has 0 saturated heterocycles. The lowest BCUT2D eigenvalue weighted by molar-refractivity contribution is 0.313. The molecule has 1 aromatic carbocycles. The Morgan fingerprint density at radius 1 is 1.32 bits per heavy atom. The van der Waals surface area contributed by atoms with Gasteiger partial charge in [-0.25, -0.2) is 0 Å². The molecular formula is C13H12N4O2. The van der Waals surface area contributed by atoms with Gasteiger partial charge in [-0.05, 0) is 6.92 Å². The third-order valence-electron chi connectivity index (χ3n) is 2.66. The Morgan fingerprint density at radius 3 is 2.84 bits per heavy atom. The maximum Gasteiger partial charge on any atom is 0.337 e. The molecule has 3 rings (SSSR count). The monoisotopic (exact) mass is 256 g/mol. The molecule has 0 saturated carbocycles. The molecule has 1 N–H and O–H groups in total. The molecule has 6 nitrogen and oxygen atoms in total. The largest absolute Gasteiger partial charge is 0.463 e. The topological polar surface area (TPSA) is 72.3 Å². The Balaban J connectivity index is 2.26. The number of aromatic nitrogens is 4. The van der Waals surface area contributed by atoms with Crippen molar-refractivity contribution in [2.75, 3.05) is 6.61 Å². The van der Waals surface area contributed by atoms with Crippen LogP contribution in [0.3, 0.4) is 0 Å². The number of hydrogen-bond donors (Lipinski definition) is 1. The van der Waals surface area contributed by atoms with Gasteiger partial charge in [-0.3, -0.25) is 9.78 Å². The lowest BCUT2D eigenvalue weighted by Gasteiger charge is -2.02. The molecule has 19 heavy (non-hydrogen) atoms. The summed E-state index contributed by atoms with van der Waals surface area (Å²) >= 11 is 0. The standard InChI is InChI=1S/C13H12N4O2/c1-2-19-13-15-12-14-11(18)8-10(17(12)16-13)9-6-4-3-5-7-9/h3-8H,2H2,1H3,(H,14,15,16,18). The molecule has 0 fully saturated rings. The first-order valence-corrected chi connectivity index (χ1v) is 5.96.